The number of non-ortho nitro benzene ring substituents is 1. The van der Waals surface area contributed by atoms with Gasteiger partial charge in [0.1, 0.15) is 12.2 Å². The average Bonchev–Trinajstić information content (AvgIpc) is 2.97. The Balaban J connectivity index is 2.12. The second-order valence-corrected chi connectivity index (χ2v) is 3.44. The monoisotopic (exact) mass is 207 g/mol. The molecule has 0 aromatic heterocycles. The maximum atomic E-state index is 10.9. The fourth-order valence-electron chi connectivity index (χ4n) is 1.46. The van der Waals surface area contributed by atoms with Crippen LogP contribution in [-0.4, -0.2) is 16.8 Å². The average molecular weight is 207 g/mol. The second-order valence-electron chi connectivity index (χ2n) is 3.44. The summed E-state index contributed by atoms with van der Waals surface area (Å²) in [5, 5.41) is 10.4. The van der Waals surface area contributed by atoms with Crippen molar-refractivity contribution in [2.75, 3.05) is 0 Å². The van der Waals surface area contributed by atoms with Crippen LogP contribution in [0.3, 0.4) is 0 Å². The fraction of sp³-hybridized carbons (Fsp3) is 0.300. The highest BCUT2D eigenvalue weighted by molar-refractivity contribution is 5.83. The van der Waals surface area contributed by atoms with Gasteiger partial charge in [-0.1, -0.05) is 0 Å². The number of nitrogens with zero attached hydrogens (tertiary/aromatic N) is 1. The van der Waals surface area contributed by atoms with Gasteiger partial charge < -0.3 is 4.74 Å². The van der Waals surface area contributed by atoms with E-state index in [-0.39, 0.29) is 23.7 Å². The number of hydrogen-bond donors (Lipinski definition) is 0. The van der Waals surface area contributed by atoms with Crippen LogP contribution in [0, 0.1) is 10.1 Å². The minimum absolute atomic E-state index is 0.0154. The fourth-order valence-corrected chi connectivity index (χ4v) is 1.46. The van der Waals surface area contributed by atoms with Crippen LogP contribution in [-0.2, 0) is 9.53 Å². The summed E-state index contributed by atoms with van der Waals surface area (Å²) in [6.45, 7) is 1.47. The van der Waals surface area contributed by atoms with Gasteiger partial charge in [-0.05, 0) is 24.6 Å². The van der Waals surface area contributed by atoms with E-state index < -0.39 is 4.92 Å². The first-order valence-corrected chi connectivity index (χ1v) is 4.50. The van der Waals surface area contributed by atoms with Gasteiger partial charge in [0.2, 0.25) is 0 Å². The van der Waals surface area contributed by atoms with Crippen molar-refractivity contribution in [2.24, 2.45) is 0 Å². The topological polar surface area (TPSA) is 72.7 Å². The molecule has 2 unspecified atom stereocenters. The molecule has 1 aliphatic rings. The minimum Gasteiger partial charge on any atom is -0.356 e. The summed E-state index contributed by atoms with van der Waals surface area (Å²) < 4.78 is 5.15. The Kier molecular flexibility index (Phi) is 2.24. The lowest BCUT2D eigenvalue weighted by Crippen LogP contribution is -2.00. The molecule has 0 saturated carbocycles. The molecule has 2 atom stereocenters. The molecular formula is C10H9NO4. The van der Waals surface area contributed by atoms with Gasteiger partial charge in [0.25, 0.3) is 5.69 Å². The number of nitro benzene ring substituents is 1. The third-order valence-corrected chi connectivity index (χ3v) is 2.32. The first-order valence-electron chi connectivity index (χ1n) is 4.50. The number of benzene rings is 1. The van der Waals surface area contributed by atoms with E-state index in [1.165, 1.54) is 19.1 Å². The van der Waals surface area contributed by atoms with Crippen molar-refractivity contribution in [1.29, 1.82) is 0 Å². The molecule has 1 fully saturated rings. The summed E-state index contributed by atoms with van der Waals surface area (Å²) in [6, 6.07) is 6.06. The van der Waals surface area contributed by atoms with Crippen molar-refractivity contribution in [2.45, 2.75) is 19.1 Å². The molecule has 78 valence electrons. The van der Waals surface area contributed by atoms with Crippen molar-refractivity contribution >= 4 is 11.5 Å². The number of carbonyl (C=O) groups excluding carboxylic acids is 1. The molecule has 0 radical (unpaired) electrons. The maximum Gasteiger partial charge on any atom is 0.269 e. The van der Waals surface area contributed by atoms with Crippen LogP contribution in [0.4, 0.5) is 5.69 Å². The third kappa shape index (κ3) is 1.87. The number of carbonyl (C=O) groups is 1. The third-order valence-electron chi connectivity index (χ3n) is 2.32. The quantitative estimate of drug-likeness (QED) is 0.429. The molecular weight excluding hydrogens is 198 g/mol. The van der Waals surface area contributed by atoms with E-state index in [9.17, 15) is 14.9 Å². The highest BCUT2D eigenvalue weighted by atomic mass is 16.6. The zero-order chi connectivity index (χ0) is 11.0. The van der Waals surface area contributed by atoms with Gasteiger partial charge in [-0.2, -0.15) is 0 Å². The largest absolute Gasteiger partial charge is 0.356 e. The lowest BCUT2D eigenvalue weighted by atomic mass is 10.1. The molecule has 15 heavy (non-hydrogen) atoms. The molecule has 1 aliphatic heterocycles. The predicted octanol–water partition coefficient (Wildman–Crippen LogP) is 1.62. The maximum absolute atomic E-state index is 10.9. The molecule has 5 nitrogen and oxygen atoms in total. The molecule has 0 spiro atoms. The number of nitro groups is 1. The van der Waals surface area contributed by atoms with Gasteiger partial charge in [0, 0.05) is 12.1 Å². The lowest BCUT2D eigenvalue weighted by Gasteiger charge is -1.94. The Labute approximate surface area is 85.8 Å². The van der Waals surface area contributed by atoms with Gasteiger partial charge in [0.15, 0.2) is 5.78 Å². The summed E-state index contributed by atoms with van der Waals surface area (Å²) in [7, 11) is 0. The summed E-state index contributed by atoms with van der Waals surface area (Å²) in [5.74, 6) is -0.0154. The van der Waals surface area contributed by atoms with Gasteiger partial charge in [-0.25, -0.2) is 0 Å². The SMILES string of the molecule is CC(=O)C1OC1c1ccc([N+](=O)[O-])cc1. The lowest BCUT2D eigenvalue weighted by molar-refractivity contribution is -0.384. The van der Waals surface area contributed by atoms with Crippen molar-refractivity contribution in [1.82, 2.24) is 0 Å². The summed E-state index contributed by atoms with van der Waals surface area (Å²) >= 11 is 0. The van der Waals surface area contributed by atoms with Gasteiger partial charge in [0.05, 0.1) is 4.92 Å². The summed E-state index contributed by atoms with van der Waals surface area (Å²) in [5.41, 5.74) is 0.847. The smallest absolute Gasteiger partial charge is 0.269 e. The van der Waals surface area contributed by atoms with E-state index in [0.717, 1.165) is 5.56 Å². The first kappa shape index (κ1) is 9.79. The van der Waals surface area contributed by atoms with Crippen LogP contribution in [0.2, 0.25) is 0 Å². The number of ether oxygens (including phenoxy) is 1. The van der Waals surface area contributed by atoms with Crippen LogP contribution < -0.4 is 0 Å². The molecule has 0 amide bonds. The van der Waals surface area contributed by atoms with E-state index in [1.54, 1.807) is 12.1 Å². The zero-order valence-electron chi connectivity index (χ0n) is 8.04. The summed E-state index contributed by atoms with van der Waals surface area (Å²) in [4.78, 5) is 20.9. The molecule has 2 rings (SSSR count). The molecule has 1 saturated heterocycles. The number of rotatable bonds is 3. The number of epoxide rings is 1. The molecule has 0 aliphatic carbocycles. The standard InChI is InChI=1S/C10H9NO4/c1-6(12)9-10(15-9)7-2-4-8(5-3-7)11(13)14/h2-5,9-10H,1H3. The van der Waals surface area contributed by atoms with Crippen LogP contribution >= 0.6 is 0 Å². The van der Waals surface area contributed by atoms with E-state index in [0.29, 0.717) is 0 Å². The van der Waals surface area contributed by atoms with Crippen molar-refractivity contribution in [3.05, 3.63) is 39.9 Å². The number of Topliss-reactive ketones (excluding diaryl/α,β-unsaturated/α-hetero) is 1. The Bertz CT molecular complexity index is 412. The van der Waals surface area contributed by atoms with Gasteiger partial charge >= 0.3 is 0 Å². The second kappa shape index (κ2) is 3.43. The number of ketones is 1. The van der Waals surface area contributed by atoms with E-state index >= 15 is 0 Å². The van der Waals surface area contributed by atoms with Crippen LogP contribution in [0.25, 0.3) is 0 Å². The van der Waals surface area contributed by atoms with Crippen molar-refractivity contribution in [3.63, 3.8) is 0 Å². The highest BCUT2D eigenvalue weighted by Gasteiger charge is 2.43. The Morgan fingerprint density at radius 1 is 1.40 bits per heavy atom. The molecule has 0 bridgehead atoms. The summed E-state index contributed by atoms with van der Waals surface area (Å²) in [6.07, 6.45) is -0.588. The predicted molar refractivity (Wildman–Crippen MR) is 51.4 cm³/mol. The normalized spacial score (nSPS) is 23.5. The van der Waals surface area contributed by atoms with Crippen LogP contribution in [0.5, 0.6) is 0 Å². The minimum atomic E-state index is -0.458. The first-order chi connectivity index (χ1) is 7.09. The van der Waals surface area contributed by atoms with E-state index in [1.807, 2.05) is 0 Å². The Morgan fingerprint density at radius 2 is 2.00 bits per heavy atom. The Hall–Kier alpha value is -1.75. The molecule has 1 aromatic rings. The van der Waals surface area contributed by atoms with Crippen LogP contribution in [0.1, 0.15) is 18.6 Å². The van der Waals surface area contributed by atoms with E-state index in [2.05, 4.69) is 0 Å². The van der Waals surface area contributed by atoms with Crippen molar-refractivity contribution in [3.8, 4) is 0 Å². The van der Waals surface area contributed by atoms with Crippen molar-refractivity contribution < 1.29 is 14.5 Å². The van der Waals surface area contributed by atoms with E-state index in [4.69, 9.17) is 4.74 Å². The van der Waals surface area contributed by atoms with Gasteiger partial charge in [-0.3, -0.25) is 14.9 Å². The highest BCUT2D eigenvalue weighted by Crippen LogP contribution is 2.39. The van der Waals surface area contributed by atoms with Crippen LogP contribution in [0.15, 0.2) is 24.3 Å². The molecule has 0 N–H and O–H groups in total. The molecule has 1 aromatic carbocycles. The van der Waals surface area contributed by atoms with Gasteiger partial charge in [-0.15, -0.1) is 0 Å². The number of hydrogen-bond acceptors (Lipinski definition) is 4. The zero-order valence-corrected chi connectivity index (χ0v) is 8.04. The molecule has 1 heterocycles. The molecule has 5 heteroatoms. The Morgan fingerprint density at radius 3 is 2.40 bits per heavy atom.